The molecule has 0 aliphatic carbocycles. The van der Waals surface area contributed by atoms with Crippen LogP contribution in [0.4, 0.5) is 0 Å². The van der Waals surface area contributed by atoms with Gasteiger partial charge in [0, 0.05) is 32.5 Å². The maximum atomic E-state index is 12.3. The highest BCUT2D eigenvalue weighted by molar-refractivity contribution is 8.01. The van der Waals surface area contributed by atoms with Crippen LogP contribution in [0.15, 0.2) is 0 Å². The summed E-state index contributed by atoms with van der Waals surface area (Å²) in [4.78, 5) is 37.6. The first-order chi connectivity index (χ1) is 19.0. The molecule has 0 aromatic rings. The monoisotopic (exact) mass is 580 g/mol. The highest BCUT2D eigenvalue weighted by Gasteiger charge is 2.39. The molecular weight excluding hydrogens is 532 g/mol. The van der Waals surface area contributed by atoms with E-state index in [1.807, 2.05) is 20.8 Å². The molecule has 1 aliphatic rings. The Kier molecular flexibility index (Phi) is 22.4. The van der Waals surface area contributed by atoms with E-state index in [0.29, 0.717) is 99.0 Å². The van der Waals surface area contributed by atoms with E-state index in [0.717, 1.165) is 0 Å². The van der Waals surface area contributed by atoms with Gasteiger partial charge < -0.3 is 38.5 Å². The van der Waals surface area contributed by atoms with Crippen molar-refractivity contribution in [1.82, 2.24) is 10.2 Å². The van der Waals surface area contributed by atoms with Gasteiger partial charge in [0.2, 0.25) is 17.7 Å². The van der Waals surface area contributed by atoms with Crippen LogP contribution in [0.2, 0.25) is 0 Å². The Bertz CT molecular complexity index is 656. The highest BCUT2D eigenvalue weighted by Crippen LogP contribution is 2.28. The summed E-state index contributed by atoms with van der Waals surface area (Å²) in [5.74, 6) is -0.621. The van der Waals surface area contributed by atoms with Crippen molar-refractivity contribution in [3.05, 3.63) is 0 Å². The van der Waals surface area contributed by atoms with Crippen LogP contribution < -0.4 is 5.32 Å². The number of carbonyl (C=O) groups excluding carboxylic acids is 3. The van der Waals surface area contributed by atoms with Crippen molar-refractivity contribution in [3.63, 3.8) is 0 Å². The van der Waals surface area contributed by atoms with E-state index in [1.54, 1.807) is 0 Å². The Balaban J connectivity index is 1.80. The number of likely N-dealkylation sites (tertiary alicyclic amines) is 1. The third kappa shape index (κ3) is 19.4. The lowest BCUT2D eigenvalue weighted by Gasteiger charge is -2.15. The van der Waals surface area contributed by atoms with Crippen molar-refractivity contribution in [2.75, 3.05) is 106 Å². The topological polar surface area (TPSA) is 131 Å². The number of hydrogen-bond acceptors (Lipinski definition) is 11. The first-order valence-corrected chi connectivity index (χ1v) is 14.7. The summed E-state index contributed by atoms with van der Waals surface area (Å²) in [6, 6.07) is 0. The van der Waals surface area contributed by atoms with E-state index in [2.05, 4.69) is 5.32 Å². The van der Waals surface area contributed by atoms with E-state index in [1.165, 1.54) is 16.7 Å². The Labute approximate surface area is 237 Å². The van der Waals surface area contributed by atoms with Gasteiger partial charge in [0.15, 0.2) is 0 Å². The predicted octanol–water partition coefficient (Wildman–Crippen LogP) is 0.898. The van der Waals surface area contributed by atoms with Crippen LogP contribution >= 0.6 is 11.8 Å². The molecule has 1 fully saturated rings. The van der Waals surface area contributed by atoms with Gasteiger partial charge in [-0.1, -0.05) is 13.8 Å². The van der Waals surface area contributed by atoms with E-state index in [-0.39, 0.29) is 47.6 Å². The standard InChI is InChI=1S/C26H48N2O10S/c1-4-32-9-10-34-13-14-36-17-18-38-20-19-37-16-15-35-12-11-33-8-6-27-24(29)5-7-28-25(30)21-23(26(28)31)39-22(2)3/h22-23H,4-21H2,1-3H3,(H,27,29). The first-order valence-electron chi connectivity index (χ1n) is 13.8. The summed E-state index contributed by atoms with van der Waals surface area (Å²) >= 11 is 1.49. The van der Waals surface area contributed by atoms with Crippen LogP contribution in [0.25, 0.3) is 0 Å². The lowest BCUT2D eigenvalue weighted by molar-refractivity contribution is -0.138. The number of hydrogen-bond donors (Lipinski definition) is 1. The van der Waals surface area contributed by atoms with Crippen LogP contribution in [0.3, 0.4) is 0 Å². The minimum Gasteiger partial charge on any atom is -0.379 e. The number of thioether (sulfide) groups is 1. The van der Waals surface area contributed by atoms with Gasteiger partial charge in [0.1, 0.15) is 0 Å². The fraction of sp³-hybridized carbons (Fsp3) is 0.885. The molecule has 0 spiro atoms. The van der Waals surface area contributed by atoms with Crippen molar-refractivity contribution in [3.8, 4) is 0 Å². The van der Waals surface area contributed by atoms with Crippen LogP contribution in [0, 0.1) is 0 Å². The second-order valence-electron chi connectivity index (χ2n) is 8.73. The van der Waals surface area contributed by atoms with Gasteiger partial charge in [-0.25, -0.2) is 0 Å². The molecule has 0 bridgehead atoms. The zero-order chi connectivity index (χ0) is 28.6. The second-order valence-corrected chi connectivity index (χ2v) is 10.5. The molecule has 1 atom stereocenters. The minimum absolute atomic E-state index is 0.0870. The number of imide groups is 1. The maximum absolute atomic E-state index is 12.3. The van der Waals surface area contributed by atoms with Gasteiger partial charge in [0.05, 0.1) is 91.1 Å². The Morgan fingerprint density at radius 1 is 0.795 bits per heavy atom. The van der Waals surface area contributed by atoms with Gasteiger partial charge >= 0.3 is 0 Å². The average Bonchev–Trinajstić information content (AvgIpc) is 3.16. The summed E-state index contributed by atoms with van der Waals surface area (Å²) in [7, 11) is 0. The SMILES string of the molecule is CCOCCOCCOCCOCCOCCOCCOCCNC(=O)CCN1C(=O)CC(SC(C)C)C1=O. The van der Waals surface area contributed by atoms with E-state index >= 15 is 0 Å². The molecule has 0 saturated carbocycles. The molecule has 228 valence electrons. The average molecular weight is 581 g/mol. The molecule has 0 aromatic carbocycles. The number of amides is 3. The predicted molar refractivity (Wildman–Crippen MR) is 147 cm³/mol. The molecule has 1 rings (SSSR count). The number of carbonyl (C=O) groups is 3. The van der Waals surface area contributed by atoms with Gasteiger partial charge in [-0.05, 0) is 12.2 Å². The summed E-state index contributed by atoms with van der Waals surface area (Å²) in [6.07, 6.45) is 0.298. The minimum atomic E-state index is -0.333. The van der Waals surface area contributed by atoms with Crippen molar-refractivity contribution in [1.29, 1.82) is 0 Å². The molecule has 13 heteroatoms. The summed E-state index contributed by atoms with van der Waals surface area (Å²) in [5, 5.41) is 2.67. The van der Waals surface area contributed by atoms with Crippen molar-refractivity contribution >= 4 is 29.5 Å². The molecule has 1 N–H and O–H groups in total. The van der Waals surface area contributed by atoms with E-state index in [9.17, 15) is 14.4 Å². The third-order valence-electron chi connectivity index (χ3n) is 5.21. The van der Waals surface area contributed by atoms with Crippen molar-refractivity contribution in [2.24, 2.45) is 0 Å². The Morgan fingerprint density at radius 2 is 1.23 bits per heavy atom. The maximum Gasteiger partial charge on any atom is 0.242 e. The van der Waals surface area contributed by atoms with Crippen LogP contribution in [0.1, 0.15) is 33.6 Å². The van der Waals surface area contributed by atoms with Crippen molar-refractivity contribution < 1.29 is 47.5 Å². The molecule has 1 heterocycles. The Morgan fingerprint density at radius 3 is 1.67 bits per heavy atom. The van der Waals surface area contributed by atoms with Gasteiger partial charge in [-0.2, -0.15) is 0 Å². The molecule has 0 radical (unpaired) electrons. The molecule has 0 aromatic heterocycles. The fourth-order valence-electron chi connectivity index (χ4n) is 3.35. The summed E-state index contributed by atoms with van der Waals surface area (Å²) in [5.41, 5.74) is 0. The van der Waals surface area contributed by atoms with Crippen LogP contribution in [0.5, 0.6) is 0 Å². The van der Waals surface area contributed by atoms with E-state index < -0.39 is 0 Å². The van der Waals surface area contributed by atoms with Crippen LogP contribution in [-0.2, 0) is 47.5 Å². The Hall–Kier alpha value is -1.32. The molecule has 1 aliphatic heterocycles. The molecule has 12 nitrogen and oxygen atoms in total. The molecule has 1 unspecified atom stereocenters. The van der Waals surface area contributed by atoms with Gasteiger partial charge in [0.25, 0.3) is 0 Å². The largest absolute Gasteiger partial charge is 0.379 e. The molecule has 1 saturated heterocycles. The highest BCUT2D eigenvalue weighted by atomic mass is 32.2. The lowest BCUT2D eigenvalue weighted by atomic mass is 10.3. The second kappa shape index (κ2) is 24.5. The summed E-state index contributed by atoms with van der Waals surface area (Å²) in [6.45, 7) is 13.5. The number of ether oxygens (including phenoxy) is 7. The van der Waals surface area contributed by atoms with Crippen LogP contribution in [-0.4, -0.2) is 139 Å². The van der Waals surface area contributed by atoms with Gasteiger partial charge in [-0.15, -0.1) is 11.8 Å². The quantitative estimate of drug-likeness (QED) is 0.110. The lowest BCUT2D eigenvalue weighted by Crippen LogP contribution is -2.36. The number of nitrogens with zero attached hydrogens (tertiary/aromatic N) is 1. The fourth-order valence-corrected chi connectivity index (χ4v) is 4.49. The number of rotatable bonds is 27. The molecular formula is C26H48N2O10S. The first kappa shape index (κ1) is 35.7. The molecule has 3 amide bonds. The smallest absolute Gasteiger partial charge is 0.242 e. The van der Waals surface area contributed by atoms with E-state index in [4.69, 9.17) is 33.2 Å². The normalized spacial score (nSPS) is 15.6. The number of nitrogens with one attached hydrogen (secondary N) is 1. The zero-order valence-electron chi connectivity index (χ0n) is 23.8. The third-order valence-corrected chi connectivity index (χ3v) is 6.45. The summed E-state index contributed by atoms with van der Waals surface area (Å²) < 4.78 is 37.6. The van der Waals surface area contributed by atoms with Gasteiger partial charge in [-0.3, -0.25) is 19.3 Å². The molecule has 39 heavy (non-hydrogen) atoms. The van der Waals surface area contributed by atoms with Crippen molar-refractivity contribution in [2.45, 2.75) is 44.1 Å². The zero-order valence-corrected chi connectivity index (χ0v) is 24.6.